The van der Waals surface area contributed by atoms with Crippen molar-refractivity contribution < 1.29 is 9.90 Å². The van der Waals surface area contributed by atoms with Crippen molar-refractivity contribution >= 4 is 5.78 Å². The van der Waals surface area contributed by atoms with Crippen LogP contribution in [-0.4, -0.2) is 17.0 Å². The molecule has 0 aromatic heterocycles. The van der Waals surface area contributed by atoms with Gasteiger partial charge in [-0.05, 0) is 18.6 Å². The standard InChI is InChI=1S/C8H10O2/c1-5(2)7-3-6(9)4-8(7)10/h3,6,9H,1,4H2,2H3. The van der Waals surface area contributed by atoms with Crippen molar-refractivity contribution in [3.8, 4) is 0 Å². The third kappa shape index (κ3) is 1.16. The predicted octanol–water partition coefficient (Wildman–Crippen LogP) is 0.823. The fourth-order valence-corrected chi connectivity index (χ4v) is 1.02. The first kappa shape index (κ1) is 7.22. The Kier molecular flexibility index (Phi) is 1.72. The molecule has 0 heterocycles. The van der Waals surface area contributed by atoms with Gasteiger partial charge in [-0.3, -0.25) is 4.79 Å². The third-order valence-electron chi connectivity index (χ3n) is 1.51. The largest absolute Gasteiger partial charge is 0.389 e. The lowest BCUT2D eigenvalue weighted by Gasteiger charge is -1.94. The highest BCUT2D eigenvalue weighted by atomic mass is 16.3. The Labute approximate surface area is 59.9 Å². The molecule has 1 atom stereocenters. The summed E-state index contributed by atoms with van der Waals surface area (Å²) in [6.45, 7) is 5.39. The van der Waals surface area contributed by atoms with E-state index in [-0.39, 0.29) is 12.2 Å². The topological polar surface area (TPSA) is 37.3 Å². The van der Waals surface area contributed by atoms with Gasteiger partial charge in [-0.1, -0.05) is 6.58 Å². The lowest BCUT2D eigenvalue weighted by Crippen LogP contribution is -2.01. The smallest absolute Gasteiger partial charge is 0.165 e. The SMILES string of the molecule is C=C(C)C1=CC(O)CC1=O. The second-order valence-corrected chi connectivity index (χ2v) is 2.56. The molecule has 2 nitrogen and oxygen atoms in total. The molecule has 54 valence electrons. The molecule has 0 aromatic carbocycles. The van der Waals surface area contributed by atoms with Gasteiger partial charge in [-0.15, -0.1) is 0 Å². The average molecular weight is 138 g/mol. The van der Waals surface area contributed by atoms with Gasteiger partial charge in [0, 0.05) is 12.0 Å². The van der Waals surface area contributed by atoms with Gasteiger partial charge >= 0.3 is 0 Å². The molecule has 1 aliphatic rings. The molecular weight excluding hydrogens is 128 g/mol. The van der Waals surface area contributed by atoms with Crippen LogP contribution in [0.25, 0.3) is 0 Å². The van der Waals surface area contributed by atoms with E-state index in [9.17, 15) is 4.79 Å². The van der Waals surface area contributed by atoms with Gasteiger partial charge in [0.1, 0.15) is 0 Å². The zero-order chi connectivity index (χ0) is 7.72. The first-order chi connectivity index (χ1) is 4.61. The van der Waals surface area contributed by atoms with Crippen molar-refractivity contribution in [3.63, 3.8) is 0 Å². The molecule has 0 amide bonds. The predicted molar refractivity (Wildman–Crippen MR) is 38.5 cm³/mol. The van der Waals surface area contributed by atoms with Crippen LogP contribution in [0.4, 0.5) is 0 Å². The maximum Gasteiger partial charge on any atom is 0.165 e. The van der Waals surface area contributed by atoms with Crippen LogP contribution >= 0.6 is 0 Å². The minimum atomic E-state index is -0.584. The van der Waals surface area contributed by atoms with Crippen LogP contribution in [0.2, 0.25) is 0 Å². The zero-order valence-electron chi connectivity index (χ0n) is 5.92. The molecule has 2 heteroatoms. The van der Waals surface area contributed by atoms with Crippen molar-refractivity contribution in [2.75, 3.05) is 0 Å². The van der Waals surface area contributed by atoms with Crippen molar-refractivity contribution in [1.82, 2.24) is 0 Å². The number of carbonyl (C=O) groups is 1. The summed E-state index contributed by atoms with van der Waals surface area (Å²) < 4.78 is 0. The lowest BCUT2D eigenvalue weighted by molar-refractivity contribution is -0.115. The van der Waals surface area contributed by atoms with E-state index >= 15 is 0 Å². The van der Waals surface area contributed by atoms with Gasteiger partial charge in [0.05, 0.1) is 6.10 Å². The molecule has 1 unspecified atom stereocenters. The lowest BCUT2D eigenvalue weighted by atomic mass is 10.1. The van der Waals surface area contributed by atoms with Crippen LogP contribution in [0.15, 0.2) is 23.8 Å². The normalized spacial score (nSPS) is 24.8. The highest BCUT2D eigenvalue weighted by molar-refractivity contribution is 6.01. The highest BCUT2D eigenvalue weighted by Crippen LogP contribution is 2.19. The Morgan fingerprint density at radius 1 is 1.90 bits per heavy atom. The second-order valence-electron chi connectivity index (χ2n) is 2.56. The molecular formula is C8H10O2. The molecule has 0 saturated heterocycles. The third-order valence-corrected chi connectivity index (χ3v) is 1.51. The summed E-state index contributed by atoms with van der Waals surface area (Å²) in [5.41, 5.74) is 1.33. The average Bonchev–Trinajstić information content (AvgIpc) is 2.10. The minimum absolute atomic E-state index is 0.000000000000000222. The van der Waals surface area contributed by atoms with Gasteiger partial charge in [0.25, 0.3) is 0 Å². The Bertz CT molecular complexity index is 213. The van der Waals surface area contributed by atoms with Crippen LogP contribution in [-0.2, 0) is 4.79 Å². The zero-order valence-corrected chi connectivity index (χ0v) is 5.92. The maximum absolute atomic E-state index is 10.9. The molecule has 0 bridgehead atoms. The van der Waals surface area contributed by atoms with Gasteiger partial charge < -0.3 is 5.11 Å². The van der Waals surface area contributed by atoms with Gasteiger partial charge in [-0.2, -0.15) is 0 Å². The van der Waals surface area contributed by atoms with E-state index in [1.807, 2.05) is 0 Å². The number of ketones is 1. The molecule has 0 radical (unpaired) electrons. The van der Waals surface area contributed by atoms with Crippen molar-refractivity contribution in [3.05, 3.63) is 23.8 Å². The fourth-order valence-electron chi connectivity index (χ4n) is 1.02. The van der Waals surface area contributed by atoms with E-state index in [1.165, 1.54) is 0 Å². The van der Waals surface area contributed by atoms with Crippen molar-refractivity contribution in [2.24, 2.45) is 0 Å². The Morgan fingerprint density at radius 3 is 2.70 bits per heavy atom. The second kappa shape index (κ2) is 2.39. The summed E-state index contributed by atoms with van der Waals surface area (Å²) in [5.74, 6) is 0.000000000000000222. The first-order valence-electron chi connectivity index (χ1n) is 3.20. The van der Waals surface area contributed by atoms with Crippen LogP contribution in [0.5, 0.6) is 0 Å². The van der Waals surface area contributed by atoms with Gasteiger partial charge in [0.15, 0.2) is 5.78 Å². The summed E-state index contributed by atoms with van der Waals surface area (Å²) in [6.07, 6.45) is 1.20. The molecule has 1 aliphatic carbocycles. The number of Topliss-reactive ketones (excluding diaryl/α,β-unsaturated/α-hetero) is 1. The molecule has 10 heavy (non-hydrogen) atoms. The Balaban J connectivity index is 2.85. The summed E-state index contributed by atoms with van der Waals surface area (Å²) in [5, 5.41) is 8.98. The molecule has 0 aliphatic heterocycles. The van der Waals surface area contributed by atoms with E-state index in [4.69, 9.17) is 5.11 Å². The first-order valence-corrected chi connectivity index (χ1v) is 3.20. The number of aliphatic hydroxyl groups is 1. The number of hydrogen-bond donors (Lipinski definition) is 1. The number of allylic oxidation sites excluding steroid dienone is 2. The fraction of sp³-hybridized carbons (Fsp3) is 0.375. The number of rotatable bonds is 1. The molecule has 1 rings (SSSR count). The minimum Gasteiger partial charge on any atom is -0.389 e. The Morgan fingerprint density at radius 2 is 2.50 bits per heavy atom. The summed E-state index contributed by atoms with van der Waals surface area (Å²) in [7, 11) is 0. The number of carbonyl (C=O) groups excluding carboxylic acids is 1. The number of hydrogen-bond acceptors (Lipinski definition) is 2. The van der Waals surface area contributed by atoms with Gasteiger partial charge in [-0.25, -0.2) is 0 Å². The van der Waals surface area contributed by atoms with Crippen LogP contribution < -0.4 is 0 Å². The molecule has 1 N–H and O–H groups in total. The van der Waals surface area contributed by atoms with E-state index in [2.05, 4.69) is 6.58 Å². The highest BCUT2D eigenvalue weighted by Gasteiger charge is 2.21. The summed E-state index contributed by atoms with van der Waals surface area (Å²) in [6, 6.07) is 0. The molecule has 0 saturated carbocycles. The summed E-state index contributed by atoms with van der Waals surface area (Å²) in [4.78, 5) is 10.9. The molecule has 0 fully saturated rings. The van der Waals surface area contributed by atoms with E-state index < -0.39 is 6.10 Å². The van der Waals surface area contributed by atoms with Crippen LogP contribution in [0, 0.1) is 0 Å². The quantitative estimate of drug-likeness (QED) is 0.582. The molecule has 0 aromatic rings. The van der Waals surface area contributed by atoms with Crippen molar-refractivity contribution in [1.29, 1.82) is 0 Å². The van der Waals surface area contributed by atoms with Crippen LogP contribution in [0.1, 0.15) is 13.3 Å². The maximum atomic E-state index is 10.9. The van der Waals surface area contributed by atoms with E-state index in [1.54, 1.807) is 13.0 Å². The summed E-state index contributed by atoms with van der Waals surface area (Å²) >= 11 is 0. The monoisotopic (exact) mass is 138 g/mol. The van der Waals surface area contributed by atoms with Gasteiger partial charge in [0.2, 0.25) is 0 Å². The van der Waals surface area contributed by atoms with Crippen molar-refractivity contribution in [2.45, 2.75) is 19.4 Å². The van der Waals surface area contributed by atoms with E-state index in [0.29, 0.717) is 5.57 Å². The molecule has 0 spiro atoms. The number of aliphatic hydroxyl groups excluding tert-OH is 1. The van der Waals surface area contributed by atoms with Crippen LogP contribution in [0.3, 0.4) is 0 Å². The van der Waals surface area contributed by atoms with E-state index in [0.717, 1.165) is 5.57 Å². The Hall–Kier alpha value is -0.890.